The maximum atomic E-state index is 5.63. The molecule has 4 heteroatoms. The highest BCUT2D eigenvalue weighted by Gasteiger charge is 2.10. The van der Waals surface area contributed by atoms with Crippen LogP contribution >= 0.6 is 0 Å². The Bertz CT molecular complexity index is 488. The fourth-order valence-electron chi connectivity index (χ4n) is 1.81. The van der Waals surface area contributed by atoms with Crippen LogP contribution in [0.2, 0.25) is 0 Å². The number of rotatable bonds is 3. The Morgan fingerprint density at radius 1 is 1.38 bits per heavy atom. The van der Waals surface area contributed by atoms with E-state index in [4.69, 9.17) is 5.73 Å². The minimum atomic E-state index is 0.439. The number of nitrogens with two attached hydrogens (primary N) is 1. The van der Waals surface area contributed by atoms with Crippen LogP contribution in [0.1, 0.15) is 23.9 Å². The minimum absolute atomic E-state index is 0.439. The average molecular weight is 216 g/mol. The van der Waals surface area contributed by atoms with E-state index in [1.165, 1.54) is 5.56 Å². The fraction of sp³-hybridized carbons (Fsp3) is 0.333. The molecule has 16 heavy (non-hydrogen) atoms. The maximum Gasteiger partial charge on any atom is 0.0999 e. The third-order valence-electron chi connectivity index (χ3n) is 2.62. The van der Waals surface area contributed by atoms with Gasteiger partial charge in [-0.25, -0.2) is 4.68 Å². The third kappa shape index (κ3) is 1.84. The van der Waals surface area contributed by atoms with Gasteiger partial charge in [-0.1, -0.05) is 24.3 Å². The van der Waals surface area contributed by atoms with E-state index >= 15 is 0 Å². The minimum Gasteiger partial charge on any atom is -0.325 e. The number of hydrogen-bond acceptors (Lipinski definition) is 3. The van der Waals surface area contributed by atoms with Gasteiger partial charge in [-0.05, 0) is 31.0 Å². The molecule has 84 valence electrons. The molecule has 0 saturated carbocycles. The van der Waals surface area contributed by atoms with Gasteiger partial charge in [-0.15, -0.1) is 5.10 Å². The van der Waals surface area contributed by atoms with Crippen molar-refractivity contribution in [3.05, 3.63) is 41.2 Å². The molecule has 0 unspecified atom stereocenters. The molecule has 4 nitrogen and oxygen atoms in total. The van der Waals surface area contributed by atoms with Crippen LogP contribution in [0.15, 0.2) is 24.3 Å². The molecule has 0 atom stereocenters. The first-order chi connectivity index (χ1) is 7.76. The van der Waals surface area contributed by atoms with Gasteiger partial charge in [0.2, 0.25) is 0 Å². The highest BCUT2D eigenvalue weighted by atomic mass is 15.4. The second-order valence-electron chi connectivity index (χ2n) is 3.79. The van der Waals surface area contributed by atoms with Crippen molar-refractivity contribution in [3.63, 3.8) is 0 Å². The van der Waals surface area contributed by atoms with Crippen LogP contribution in [0.4, 0.5) is 0 Å². The lowest BCUT2D eigenvalue weighted by molar-refractivity contribution is 0.766. The van der Waals surface area contributed by atoms with Gasteiger partial charge in [-0.3, -0.25) is 0 Å². The number of aryl methyl sites for hydroxylation is 1. The molecule has 0 saturated heterocycles. The summed E-state index contributed by atoms with van der Waals surface area (Å²) in [5, 5.41) is 8.26. The van der Waals surface area contributed by atoms with Crippen LogP contribution in [0, 0.1) is 6.92 Å². The number of hydrogen-bond donors (Lipinski definition) is 1. The van der Waals surface area contributed by atoms with Crippen molar-refractivity contribution in [2.45, 2.75) is 26.8 Å². The van der Waals surface area contributed by atoms with Gasteiger partial charge in [0.15, 0.2) is 0 Å². The molecule has 0 aliphatic rings. The predicted octanol–water partition coefficient (Wildman–Crippen LogP) is 1.60. The Kier molecular flexibility index (Phi) is 3.01. The van der Waals surface area contributed by atoms with Gasteiger partial charge in [-0.2, -0.15) is 0 Å². The van der Waals surface area contributed by atoms with Crippen molar-refractivity contribution >= 4 is 0 Å². The van der Waals surface area contributed by atoms with Crippen molar-refractivity contribution < 1.29 is 0 Å². The topological polar surface area (TPSA) is 56.7 Å². The molecule has 0 bridgehead atoms. The zero-order valence-electron chi connectivity index (χ0n) is 9.64. The second kappa shape index (κ2) is 4.45. The van der Waals surface area contributed by atoms with Crippen LogP contribution in [0.25, 0.3) is 5.69 Å². The van der Waals surface area contributed by atoms with Crippen molar-refractivity contribution in [1.82, 2.24) is 15.0 Å². The van der Waals surface area contributed by atoms with E-state index in [1.807, 2.05) is 16.8 Å². The van der Waals surface area contributed by atoms with E-state index in [-0.39, 0.29) is 0 Å². The first-order valence-corrected chi connectivity index (χ1v) is 5.46. The van der Waals surface area contributed by atoms with Crippen LogP contribution in [-0.4, -0.2) is 15.0 Å². The Labute approximate surface area is 95.1 Å². The lowest BCUT2D eigenvalue weighted by Crippen LogP contribution is -2.05. The molecule has 0 amide bonds. The molecule has 2 aromatic rings. The Morgan fingerprint density at radius 2 is 2.19 bits per heavy atom. The quantitative estimate of drug-likeness (QED) is 0.847. The molecular formula is C12H16N4. The van der Waals surface area contributed by atoms with Crippen LogP contribution < -0.4 is 5.73 Å². The molecular weight excluding hydrogens is 200 g/mol. The lowest BCUT2D eigenvalue weighted by atomic mass is 10.2. The summed E-state index contributed by atoms with van der Waals surface area (Å²) in [6.45, 7) is 4.59. The second-order valence-corrected chi connectivity index (χ2v) is 3.79. The monoisotopic (exact) mass is 216 g/mol. The Hall–Kier alpha value is -1.68. The van der Waals surface area contributed by atoms with E-state index in [0.29, 0.717) is 6.54 Å². The van der Waals surface area contributed by atoms with Gasteiger partial charge in [0.25, 0.3) is 0 Å². The summed E-state index contributed by atoms with van der Waals surface area (Å²) in [7, 11) is 0. The smallest absolute Gasteiger partial charge is 0.0999 e. The highest BCUT2D eigenvalue weighted by Crippen LogP contribution is 2.14. The summed E-state index contributed by atoms with van der Waals surface area (Å²) < 4.78 is 1.87. The summed E-state index contributed by atoms with van der Waals surface area (Å²) in [5.41, 5.74) is 9.86. The van der Waals surface area contributed by atoms with E-state index in [1.54, 1.807) is 0 Å². The molecule has 1 aromatic carbocycles. The fourth-order valence-corrected chi connectivity index (χ4v) is 1.81. The number of nitrogens with zero attached hydrogens (tertiary/aromatic N) is 3. The molecule has 2 rings (SSSR count). The number of aromatic nitrogens is 3. The highest BCUT2D eigenvalue weighted by molar-refractivity contribution is 5.36. The van der Waals surface area contributed by atoms with Gasteiger partial charge >= 0.3 is 0 Å². The molecule has 0 aliphatic carbocycles. The van der Waals surface area contributed by atoms with E-state index < -0.39 is 0 Å². The number of benzene rings is 1. The summed E-state index contributed by atoms with van der Waals surface area (Å²) in [5.74, 6) is 0. The summed E-state index contributed by atoms with van der Waals surface area (Å²) in [4.78, 5) is 0. The summed E-state index contributed by atoms with van der Waals surface area (Å²) >= 11 is 0. The first kappa shape index (κ1) is 10.8. The molecule has 0 fully saturated rings. The lowest BCUT2D eigenvalue weighted by Gasteiger charge is -2.06. The predicted molar refractivity (Wildman–Crippen MR) is 63.4 cm³/mol. The maximum absolute atomic E-state index is 5.63. The van der Waals surface area contributed by atoms with E-state index in [0.717, 1.165) is 23.5 Å². The molecule has 1 heterocycles. The van der Waals surface area contributed by atoms with Crippen LogP contribution in [0.5, 0.6) is 0 Å². The summed E-state index contributed by atoms with van der Waals surface area (Å²) in [6.07, 6.45) is 0.882. The first-order valence-electron chi connectivity index (χ1n) is 5.46. The molecule has 1 aromatic heterocycles. The average Bonchev–Trinajstić information content (AvgIpc) is 2.71. The van der Waals surface area contributed by atoms with Gasteiger partial charge < -0.3 is 5.73 Å². The van der Waals surface area contributed by atoms with Gasteiger partial charge in [0.1, 0.15) is 0 Å². The largest absolute Gasteiger partial charge is 0.325 e. The van der Waals surface area contributed by atoms with E-state index in [2.05, 4.69) is 36.3 Å². The Morgan fingerprint density at radius 3 is 2.81 bits per heavy atom. The summed E-state index contributed by atoms with van der Waals surface area (Å²) in [6, 6.07) is 8.21. The molecule has 2 N–H and O–H groups in total. The SMILES string of the molecule is CCc1c(CN)nnn1-c1cccc(C)c1. The zero-order valence-corrected chi connectivity index (χ0v) is 9.64. The third-order valence-corrected chi connectivity index (χ3v) is 2.62. The van der Waals surface area contributed by atoms with Crippen LogP contribution in [-0.2, 0) is 13.0 Å². The Balaban J connectivity index is 2.51. The van der Waals surface area contributed by atoms with Gasteiger partial charge in [0.05, 0.1) is 17.1 Å². The normalized spacial score (nSPS) is 10.7. The molecule has 0 spiro atoms. The zero-order chi connectivity index (χ0) is 11.5. The van der Waals surface area contributed by atoms with Crippen molar-refractivity contribution in [2.24, 2.45) is 5.73 Å². The van der Waals surface area contributed by atoms with E-state index in [9.17, 15) is 0 Å². The van der Waals surface area contributed by atoms with Gasteiger partial charge in [0, 0.05) is 6.54 Å². The standard InChI is InChI=1S/C12H16N4/c1-3-12-11(8-13)14-15-16(12)10-6-4-5-9(2)7-10/h4-7H,3,8,13H2,1-2H3. The van der Waals surface area contributed by atoms with Crippen molar-refractivity contribution in [1.29, 1.82) is 0 Å². The van der Waals surface area contributed by atoms with Crippen LogP contribution in [0.3, 0.4) is 0 Å². The molecule has 0 radical (unpaired) electrons. The molecule has 0 aliphatic heterocycles. The van der Waals surface area contributed by atoms with Crippen molar-refractivity contribution in [3.8, 4) is 5.69 Å². The van der Waals surface area contributed by atoms with Crippen molar-refractivity contribution in [2.75, 3.05) is 0 Å².